The van der Waals surface area contributed by atoms with Crippen LogP contribution in [0.4, 0.5) is 9.59 Å². The quantitative estimate of drug-likeness (QED) is 0.102. The summed E-state index contributed by atoms with van der Waals surface area (Å²) in [6, 6.07) is 6.89. The fourth-order valence-electron chi connectivity index (χ4n) is 5.86. The molecule has 1 aliphatic rings. The summed E-state index contributed by atoms with van der Waals surface area (Å²) < 4.78 is 15.7. The maximum absolute atomic E-state index is 13.8. The molecular weight excluding hydrogens is 632 g/mol. The Kier molecular flexibility index (Phi) is 17.9. The van der Waals surface area contributed by atoms with Gasteiger partial charge in [-0.25, -0.2) is 14.6 Å². The molecule has 0 radical (unpaired) electrons. The average molecular weight is 691 g/mol. The molecule has 1 aromatic rings. The average Bonchev–Trinajstić information content (AvgIpc) is 3.05. The Hall–Kier alpha value is -3.91. The van der Waals surface area contributed by atoms with Gasteiger partial charge in [0.1, 0.15) is 18.2 Å². The molecule has 0 unspecified atom stereocenters. The molecule has 0 aliphatic heterocycles. The van der Waals surface area contributed by atoms with Crippen LogP contribution in [0.1, 0.15) is 65.4 Å². The van der Waals surface area contributed by atoms with Crippen molar-refractivity contribution >= 4 is 30.0 Å². The van der Waals surface area contributed by atoms with Crippen molar-refractivity contribution in [2.75, 3.05) is 47.9 Å². The highest BCUT2D eigenvalue weighted by molar-refractivity contribution is 5.86. The molecular formula is C35H58N6O8. The van der Waals surface area contributed by atoms with Crippen LogP contribution in [-0.4, -0.2) is 112 Å². The minimum atomic E-state index is -0.933. The van der Waals surface area contributed by atoms with E-state index in [1.54, 1.807) is 37.9 Å². The third-order valence-electron chi connectivity index (χ3n) is 8.49. The molecule has 2 rings (SSSR count). The molecule has 0 aromatic heterocycles. The van der Waals surface area contributed by atoms with Gasteiger partial charge in [0.05, 0.1) is 33.4 Å². The summed E-state index contributed by atoms with van der Waals surface area (Å²) in [4.78, 5) is 66.7. The number of benzene rings is 1. The van der Waals surface area contributed by atoms with Crippen LogP contribution in [-0.2, 0) is 35.0 Å². The Morgan fingerprint density at radius 1 is 0.796 bits per heavy atom. The second-order valence-corrected chi connectivity index (χ2v) is 13.7. The molecule has 0 bridgehead atoms. The lowest BCUT2D eigenvalue weighted by molar-refractivity contribution is -0.154. The number of carbonyl (C=O) groups excluding carboxylic acids is 5. The van der Waals surface area contributed by atoms with Gasteiger partial charge in [-0.1, -0.05) is 77.3 Å². The molecule has 0 saturated heterocycles. The molecule has 49 heavy (non-hydrogen) atoms. The van der Waals surface area contributed by atoms with E-state index in [1.807, 2.05) is 44.2 Å². The lowest BCUT2D eigenvalue weighted by Gasteiger charge is -2.37. The number of hydrogen-bond donors (Lipinski definition) is 4. The van der Waals surface area contributed by atoms with E-state index < -0.39 is 54.2 Å². The lowest BCUT2D eigenvalue weighted by atomic mass is 9.89. The van der Waals surface area contributed by atoms with Crippen LogP contribution in [0, 0.1) is 17.8 Å². The first-order chi connectivity index (χ1) is 23.2. The van der Waals surface area contributed by atoms with E-state index in [4.69, 9.17) is 14.2 Å². The second kappa shape index (κ2) is 21.2. The van der Waals surface area contributed by atoms with Crippen molar-refractivity contribution in [1.29, 1.82) is 0 Å². The number of rotatable bonds is 18. The number of hydrazine groups is 1. The highest BCUT2D eigenvalue weighted by Gasteiger charge is 2.35. The van der Waals surface area contributed by atoms with E-state index in [9.17, 15) is 24.0 Å². The summed E-state index contributed by atoms with van der Waals surface area (Å²) in [6.07, 6.45) is 3.13. The minimum Gasteiger partial charge on any atom is -0.458 e. The van der Waals surface area contributed by atoms with Crippen molar-refractivity contribution in [1.82, 2.24) is 31.3 Å². The summed E-state index contributed by atoms with van der Waals surface area (Å²) in [6.45, 7) is 7.74. The molecule has 4 atom stereocenters. The first-order valence-corrected chi connectivity index (χ1v) is 17.2. The standard InChI is InChI=1S/C35H58N6O8/c1-23(2)30(37-34(45)47-7)32(43)36-27(19-25-15-11-9-12-16-25)28(49-29(42)22-40(5)6)21-41(20-26-17-13-10-14-18-26)39-33(44)31(24(3)4)38-35(46)48-8/h9,11-12,15-16,23-24,26-28,30-31H,10,13-14,17-22H2,1-8H3,(H,36,43)(H,37,45)(H,38,46)(H,39,44)/t27-,28-,30-,31-/m0/s1. The van der Waals surface area contributed by atoms with Crippen LogP contribution < -0.4 is 21.4 Å². The Morgan fingerprint density at radius 3 is 1.86 bits per heavy atom. The van der Waals surface area contributed by atoms with Crippen molar-refractivity contribution in [2.45, 2.75) is 90.4 Å². The number of likely N-dealkylation sites (N-methyl/N-ethyl adjacent to an activating group) is 1. The summed E-state index contributed by atoms with van der Waals surface area (Å²) in [7, 11) is 5.96. The van der Waals surface area contributed by atoms with Gasteiger partial charge in [-0.05, 0) is 56.7 Å². The van der Waals surface area contributed by atoms with Crippen LogP contribution in [0.3, 0.4) is 0 Å². The SMILES string of the molecule is COC(=O)N[C@H](C(=O)N[C@@H](Cc1ccccc1)[C@H](CN(CC1CCCCC1)NC(=O)[C@@H](NC(=O)OC)C(C)C)OC(=O)CN(C)C)C(C)C. The van der Waals surface area contributed by atoms with Gasteiger partial charge < -0.3 is 30.2 Å². The summed E-state index contributed by atoms with van der Waals surface area (Å²) in [5.74, 6) is -1.70. The molecule has 1 fully saturated rings. The molecule has 1 aliphatic carbocycles. The van der Waals surface area contributed by atoms with Crippen molar-refractivity contribution < 1.29 is 38.2 Å². The number of carbonyl (C=O) groups is 5. The van der Waals surface area contributed by atoms with Crippen molar-refractivity contribution in [2.24, 2.45) is 17.8 Å². The van der Waals surface area contributed by atoms with Gasteiger partial charge in [-0.15, -0.1) is 0 Å². The van der Waals surface area contributed by atoms with Gasteiger partial charge >= 0.3 is 18.2 Å². The number of methoxy groups -OCH3 is 2. The van der Waals surface area contributed by atoms with Crippen molar-refractivity contribution in [3.63, 3.8) is 0 Å². The fraction of sp³-hybridized carbons (Fsp3) is 0.686. The van der Waals surface area contributed by atoms with Gasteiger partial charge in [0, 0.05) is 6.54 Å². The Balaban J connectivity index is 2.55. The molecule has 1 saturated carbocycles. The van der Waals surface area contributed by atoms with E-state index in [2.05, 4.69) is 21.4 Å². The number of ether oxygens (including phenoxy) is 3. The van der Waals surface area contributed by atoms with Crippen LogP contribution in [0.2, 0.25) is 0 Å². The van der Waals surface area contributed by atoms with E-state index in [-0.39, 0.29) is 30.8 Å². The van der Waals surface area contributed by atoms with Crippen molar-refractivity contribution in [3.05, 3.63) is 35.9 Å². The molecule has 0 heterocycles. The maximum atomic E-state index is 13.8. The van der Waals surface area contributed by atoms with Crippen LogP contribution in [0.5, 0.6) is 0 Å². The zero-order valence-corrected chi connectivity index (χ0v) is 30.5. The van der Waals surface area contributed by atoms with Crippen LogP contribution in [0.25, 0.3) is 0 Å². The lowest BCUT2D eigenvalue weighted by Crippen LogP contribution is -2.60. The molecule has 276 valence electrons. The Bertz CT molecular complexity index is 1190. The van der Waals surface area contributed by atoms with Gasteiger partial charge in [0.2, 0.25) is 5.91 Å². The molecule has 4 amide bonds. The fourth-order valence-corrected chi connectivity index (χ4v) is 5.86. The van der Waals surface area contributed by atoms with Gasteiger partial charge in [0.15, 0.2) is 0 Å². The van der Waals surface area contributed by atoms with E-state index in [1.165, 1.54) is 14.2 Å². The van der Waals surface area contributed by atoms with E-state index in [0.29, 0.717) is 13.0 Å². The van der Waals surface area contributed by atoms with Crippen LogP contribution in [0.15, 0.2) is 30.3 Å². The number of alkyl carbamates (subject to hydrolysis) is 2. The number of hydrogen-bond acceptors (Lipinski definition) is 10. The number of esters is 1. The first kappa shape index (κ1) is 41.3. The molecule has 14 heteroatoms. The predicted molar refractivity (Wildman–Crippen MR) is 185 cm³/mol. The van der Waals surface area contributed by atoms with Crippen molar-refractivity contribution in [3.8, 4) is 0 Å². The van der Waals surface area contributed by atoms with Crippen LogP contribution >= 0.6 is 0 Å². The first-order valence-electron chi connectivity index (χ1n) is 17.2. The smallest absolute Gasteiger partial charge is 0.407 e. The molecule has 1 aromatic carbocycles. The topological polar surface area (TPSA) is 168 Å². The van der Waals surface area contributed by atoms with E-state index >= 15 is 0 Å². The molecule has 4 N–H and O–H groups in total. The van der Waals surface area contributed by atoms with E-state index in [0.717, 1.165) is 37.7 Å². The third-order valence-corrected chi connectivity index (χ3v) is 8.49. The van der Waals surface area contributed by atoms with Gasteiger partial charge in [-0.2, -0.15) is 0 Å². The number of nitrogens with zero attached hydrogens (tertiary/aromatic N) is 2. The second-order valence-electron chi connectivity index (χ2n) is 13.7. The largest absolute Gasteiger partial charge is 0.458 e. The minimum absolute atomic E-state index is 0.00548. The number of amides is 4. The normalized spacial score (nSPS) is 16.0. The summed E-state index contributed by atoms with van der Waals surface area (Å²) in [5, 5.41) is 10.0. The summed E-state index contributed by atoms with van der Waals surface area (Å²) in [5.41, 5.74) is 3.89. The maximum Gasteiger partial charge on any atom is 0.407 e. The molecule has 0 spiro atoms. The monoisotopic (exact) mass is 690 g/mol. The highest BCUT2D eigenvalue weighted by Crippen LogP contribution is 2.25. The molecule has 14 nitrogen and oxygen atoms in total. The zero-order chi connectivity index (χ0) is 36.5. The Morgan fingerprint density at radius 2 is 1.35 bits per heavy atom. The van der Waals surface area contributed by atoms with Gasteiger partial charge in [0.25, 0.3) is 5.91 Å². The zero-order valence-electron chi connectivity index (χ0n) is 30.5. The van der Waals surface area contributed by atoms with Gasteiger partial charge in [-0.3, -0.25) is 24.7 Å². The predicted octanol–water partition coefficient (Wildman–Crippen LogP) is 2.86. The number of nitrogens with one attached hydrogen (secondary N) is 4. The summed E-state index contributed by atoms with van der Waals surface area (Å²) >= 11 is 0. The third kappa shape index (κ3) is 15.0. The Labute approximate surface area is 291 Å². The highest BCUT2D eigenvalue weighted by atomic mass is 16.6.